The van der Waals surface area contributed by atoms with Gasteiger partial charge in [0, 0.05) is 12.6 Å². The van der Waals surface area contributed by atoms with E-state index in [-0.39, 0.29) is 19.0 Å². The summed E-state index contributed by atoms with van der Waals surface area (Å²) in [6.07, 6.45) is 0. The lowest BCUT2D eigenvalue weighted by Gasteiger charge is -2.21. The molecule has 0 aliphatic heterocycles. The molecule has 0 aliphatic carbocycles. The zero-order valence-corrected chi connectivity index (χ0v) is 19.4. The summed E-state index contributed by atoms with van der Waals surface area (Å²) >= 11 is 0. The van der Waals surface area contributed by atoms with Crippen LogP contribution in [0.15, 0.2) is 72.8 Å². The van der Waals surface area contributed by atoms with Gasteiger partial charge in [0.1, 0.15) is 17.2 Å². The summed E-state index contributed by atoms with van der Waals surface area (Å²) in [6, 6.07) is 21.9. The van der Waals surface area contributed by atoms with Gasteiger partial charge in [0.25, 0.3) is 0 Å². The summed E-state index contributed by atoms with van der Waals surface area (Å²) < 4.78 is 21.4. The third kappa shape index (κ3) is 7.25. The molecular weight excluding hydrogens is 436 g/mol. The molecular formula is C26H28N2O6. The van der Waals surface area contributed by atoms with Crippen LogP contribution in [0.4, 0.5) is 5.69 Å². The fourth-order valence-electron chi connectivity index (χ4n) is 3.30. The topological polar surface area (TPSA) is 86.3 Å². The van der Waals surface area contributed by atoms with Crippen molar-refractivity contribution in [3.05, 3.63) is 78.4 Å². The van der Waals surface area contributed by atoms with Crippen LogP contribution < -0.4 is 19.5 Å². The molecule has 0 spiro atoms. The normalized spacial score (nSPS) is 10.5. The van der Waals surface area contributed by atoms with Gasteiger partial charge in [-0.05, 0) is 42.0 Å². The quantitative estimate of drug-likeness (QED) is 0.428. The van der Waals surface area contributed by atoms with Crippen molar-refractivity contribution in [2.45, 2.75) is 6.54 Å². The van der Waals surface area contributed by atoms with Crippen molar-refractivity contribution < 1.29 is 28.5 Å². The standard InChI is InChI=1S/C26H28N2O6/c1-31-21-13-19(14-22(15-21)32-2)16-28(18-26(30)33-3)17-25(29)27-23-11-7-8-12-24(23)34-20-9-5-4-6-10-20/h4-15H,16-18H2,1-3H3,(H,27,29). The van der Waals surface area contributed by atoms with Gasteiger partial charge in [-0.3, -0.25) is 14.5 Å². The van der Waals surface area contributed by atoms with E-state index in [9.17, 15) is 9.59 Å². The Labute approximate surface area is 199 Å². The number of rotatable bonds is 11. The molecule has 0 aromatic heterocycles. The van der Waals surface area contributed by atoms with Gasteiger partial charge in [0.2, 0.25) is 5.91 Å². The summed E-state index contributed by atoms with van der Waals surface area (Å²) in [4.78, 5) is 26.6. The van der Waals surface area contributed by atoms with Crippen LogP contribution in [0.5, 0.6) is 23.0 Å². The minimum Gasteiger partial charge on any atom is -0.497 e. The van der Waals surface area contributed by atoms with Crippen LogP contribution in [0, 0.1) is 0 Å². The first-order valence-electron chi connectivity index (χ1n) is 10.6. The molecule has 3 rings (SSSR count). The Bertz CT molecular complexity index is 1080. The number of esters is 1. The molecule has 8 nitrogen and oxygen atoms in total. The fourth-order valence-corrected chi connectivity index (χ4v) is 3.30. The zero-order valence-electron chi connectivity index (χ0n) is 19.4. The minimum absolute atomic E-state index is 0.0473. The lowest BCUT2D eigenvalue weighted by atomic mass is 10.2. The summed E-state index contributed by atoms with van der Waals surface area (Å²) in [5.41, 5.74) is 1.35. The van der Waals surface area contributed by atoms with Crippen molar-refractivity contribution in [1.82, 2.24) is 4.90 Å². The maximum atomic E-state index is 12.9. The highest BCUT2D eigenvalue weighted by Crippen LogP contribution is 2.29. The Kier molecular flexibility index (Phi) is 8.88. The molecule has 0 heterocycles. The Morgan fingerprint density at radius 3 is 2.09 bits per heavy atom. The van der Waals surface area contributed by atoms with Gasteiger partial charge in [-0.1, -0.05) is 30.3 Å². The van der Waals surface area contributed by atoms with Gasteiger partial charge in [-0.2, -0.15) is 0 Å². The van der Waals surface area contributed by atoms with E-state index < -0.39 is 5.97 Å². The fraction of sp³-hybridized carbons (Fsp3) is 0.231. The molecule has 0 fully saturated rings. The maximum Gasteiger partial charge on any atom is 0.319 e. The third-order valence-corrected chi connectivity index (χ3v) is 4.90. The number of nitrogens with zero attached hydrogens (tertiary/aromatic N) is 1. The monoisotopic (exact) mass is 464 g/mol. The highest BCUT2D eigenvalue weighted by molar-refractivity contribution is 5.94. The van der Waals surface area contributed by atoms with Crippen LogP contribution in [0.2, 0.25) is 0 Å². The molecule has 3 aromatic carbocycles. The molecule has 0 bridgehead atoms. The van der Waals surface area contributed by atoms with Gasteiger partial charge in [-0.25, -0.2) is 0 Å². The molecule has 0 radical (unpaired) electrons. The van der Waals surface area contributed by atoms with E-state index in [2.05, 4.69) is 5.32 Å². The lowest BCUT2D eigenvalue weighted by Crippen LogP contribution is -2.37. The summed E-state index contributed by atoms with van der Waals surface area (Å²) in [5, 5.41) is 2.88. The molecule has 0 aliphatic rings. The number of carbonyl (C=O) groups excluding carboxylic acids is 2. The van der Waals surface area contributed by atoms with Crippen molar-refractivity contribution in [1.29, 1.82) is 0 Å². The van der Waals surface area contributed by atoms with Crippen LogP contribution in [-0.2, 0) is 20.9 Å². The molecule has 3 aromatic rings. The Morgan fingerprint density at radius 2 is 1.44 bits per heavy atom. The molecule has 1 N–H and O–H groups in total. The smallest absolute Gasteiger partial charge is 0.319 e. The summed E-state index contributed by atoms with van der Waals surface area (Å²) in [7, 11) is 4.44. The van der Waals surface area contributed by atoms with E-state index in [1.807, 2.05) is 54.6 Å². The van der Waals surface area contributed by atoms with Crippen LogP contribution in [0.1, 0.15) is 5.56 Å². The first-order valence-corrected chi connectivity index (χ1v) is 10.6. The molecule has 0 saturated carbocycles. The third-order valence-electron chi connectivity index (χ3n) is 4.90. The molecule has 0 saturated heterocycles. The van der Waals surface area contributed by atoms with Gasteiger partial charge in [0.15, 0.2) is 5.75 Å². The van der Waals surface area contributed by atoms with E-state index >= 15 is 0 Å². The average Bonchev–Trinajstić information content (AvgIpc) is 2.85. The first kappa shape index (κ1) is 24.6. The van der Waals surface area contributed by atoms with E-state index in [0.717, 1.165) is 5.56 Å². The predicted octanol–water partition coefficient (Wildman–Crippen LogP) is 4.11. The van der Waals surface area contributed by atoms with E-state index in [4.69, 9.17) is 18.9 Å². The predicted molar refractivity (Wildman–Crippen MR) is 128 cm³/mol. The number of para-hydroxylation sites is 3. The number of benzene rings is 3. The van der Waals surface area contributed by atoms with Gasteiger partial charge < -0.3 is 24.3 Å². The Balaban J connectivity index is 1.74. The number of hydrogen-bond acceptors (Lipinski definition) is 7. The zero-order chi connectivity index (χ0) is 24.3. The summed E-state index contributed by atoms with van der Waals surface area (Å²) in [5.74, 6) is 1.65. The van der Waals surface area contributed by atoms with Crippen molar-refractivity contribution in [3.8, 4) is 23.0 Å². The van der Waals surface area contributed by atoms with E-state index in [1.54, 1.807) is 37.3 Å². The number of ether oxygens (including phenoxy) is 4. The number of nitrogens with one attached hydrogen (secondary N) is 1. The SMILES string of the molecule is COC(=O)CN(CC(=O)Nc1ccccc1Oc1ccccc1)Cc1cc(OC)cc(OC)c1. The number of methoxy groups -OCH3 is 3. The van der Waals surface area contributed by atoms with E-state index in [1.165, 1.54) is 7.11 Å². The minimum atomic E-state index is -0.449. The molecule has 34 heavy (non-hydrogen) atoms. The largest absolute Gasteiger partial charge is 0.497 e. The van der Waals surface area contributed by atoms with E-state index in [0.29, 0.717) is 35.2 Å². The Hall–Kier alpha value is -4.04. The molecule has 1 amide bonds. The molecule has 8 heteroatoms. The second kappa shape index (κ2) is 12.3. The number of anilines is 1. The number of carbonyl (C=O) groups is 2. The first-order chi connectivity index (χ1) is 16.5. The van der Waals surface area contributed by atoms with Crippen molar-refractivity contribution in [2.75, 3.05) is 39.7 Å². The lowest BCUT2D eigenvalue weighted by molar-refractivity contribution is -0.142. The average molecular weight is 465 g/mol. The van der Waals surface area contributed by atoms with Crippen molar-refractivity contribution >= 4 is 17.6 Å². The molecule has 178 valence electrons. The van der Waals surface area contributed by atoms with Crippen molar-refractivity contribution in [2.24, 2.45) is 0 Å². The van der Waals surface area contributed by atoms with Crippen LogP contribution in [-0.4, -0.2) is 51.2 Å². The van der Waals surface area contributed by atoms with Crippen LogP contribution in [0.25, 0.3) is 0 Å². The highest BCUT2D eigenvalue weighted by Gasteiger charge is 2.18. The molecule has 0 atom stereocenters. The van der Waals surface area contributed by atoms with Gasteiger partial charge in [0.05, 0.1) is 40.1 Å². The second-order valence-electron chi connectivity index (χ2n) is 7.40. The number of amides is 1. The van der Waals surface area contributed by atoms with Gasteiger partial charge in [-0.15, -0.1) is 0 Å². The second-order valence-corrected chi connectivity index (χ2v) is 7.40. The maximum absolute atomic E-state index is 12.9. The highest BCUT2D eigenvalue weighted by atomic mass is 16.5. The van der Waals surface area contributed by atoms with Gasteiger partial charge >= 0.3 is 5.97 Å². The van der Waals surface area contributed by atoms with Crippen LogP contribution >= 0.6 is 0 Å². The Morgan fingerprint density at radius 1 is 0.794 bits per heavy atom. The van der Waals surface area contributed by atoms with Crippen LogP contribution in [0.3, 0.4) is 0 Å². The summed E-state index contributed by atoms with van der Waals surface area (Å²) in [6.45, 7) is 0.193. The van der Waals surface area contributed by atoms with Crippen molar-refractivity contribution in [3.63, 3.8) is 0 Å². The molecule has 0 unspecified atom stereocenters. The number of hydrogen-bond donors (Lipinski definition) is 1.